The van der Waals surface area contributed by atoms with Crippen LogP contribution in [0.1, 0.15) is 12.8 Å². The molecule has 1 rings (SSSR count). The van der Waals surface area contributed by atoms with Gasteiger partial charge in [-0.15, -0.1) is 0 Å². The molecular formula is C10H18N2O5. The van der Waals surface area contributed by atoms with E-state index in [1.165, 1.54) is 0 Å². The molecule has 1 aliphatic rings. The quantitative estimate of drug-likeness (QED) is 0.482. The largest absolute Gasteiger partial charge is 0.479 e. The number of carbonyl (C=O) groups is 2. The van der Waals surface area contributed by atoms with Crippen molar-refractivity contribution in [1.82, 2.24) is 5.32 Å². The fourth-order valence-electron chi connectivity index (χ4n) is 1.56. The summed E-state index contributed by atoms with van der Waals surface area (Å²) in [5.41, 5.74) is 5.20. The lowest BCUT2D eigenvalue weighted by molar-refractivity contribution is -0.149. The monoisotopic (exact) mass is 246 g/mol. The van der Waals surface area contributed by atoms with Gasteiger partial charge in [0.05, 0.1) is 12.7 Å². The summed E-state index contributed by atoms with van der Waals surface area (Å²) in [6, 6.07) is 0. The second kappa shape index (κ2) is 7.21. The van der Waals surface area contributed by atoms with Crippen molar-refractivity contribution in [2.75, 3.05) is 26.3 Å². The second-order valence-corrected chi connectivity index (χ2v) is 3.81. The van der Waals surface area contributed by atoms with Gasteiger partial charge in [-0.25, -0.2) is 4.79 Å². The normalized spacial score (nSPS) is 23.6. The first-order chi connectivity index (χ1) is 8.13. The van der Waals surface area contributed by atoms with Crippen LogP contribution in [0.25, 0.3) is 0 Å². The molecule has 1 heterocycles. The summed E-state index contributed by atoms with van der Waals surface area (Å²) < 4.78 is 10.2. The third-order valence-corrected chi connectivity index (χ3v) is 2.41. The third-order valence-electron chi connectivity index (χ3n) is 2.41. The van der Waals surface area contributed by atoms with Crippen molar-refractivity contribution >= 4 is 11.9 Å². The van der Waals surface area contributed by atoms with Gasteiger partial charge in [-0.05, 0) is 12.8 Å². The van der Waals surface area contributed by atoms with Crippen molar-refractivity contribution in [3.63, 3.8) is 0 Å². The van der Waals surface area contributed by atoms with Gasteiger partial charge in [0.2, 0.25) is 5.91 Å². The highest BCUT2D eigenvalue weighted by atomic mass is 16.5. The van der Waals surface area contributed by atoms with Gasteiger partial charge in [0.25, 0.3) is 0 Å². The van der Waals surface area contributed by atoms with Crippen molar-refractivity contribution in [3.8, 4) is 0 Å². The number of rotatable bonds is 7. The Morgan fingerprint density at radius 3 is 2.82 bits per heavy atom. The molecule has 0 spiro atoms. The molecule has 4 N–H and O–H groups in total. The predicted octanol–water partition coefficient (Wildman–Crippen LogP) is -1.29. The van der Waals surface area contributed by atoms with Crippen LogP contribution in [0.15, 0.2) is 0 Å². The highest BCUT2D eigenvalue weighted by Gasteiger charge is 2.30. The zero-order chi connectivity index (χ0) is 12.7. The van der Waals surface area contributed by atoms with Crippen LogP contribution in [-0.2, 0) is 19.1 Å². The average molecular weight is 246 g/mol. The Labute approximate surface area is 99.3 Å². The molecule has 1 fully saturated rings. The number of carbonyl (C=O) groups excluding carboxylic acids is 1. The molecule has 17 heavy (non-hydrogen) atoms. The predicted molar refractivity (Wildman–Crippen MR) is 58.4 cm³/mol. The van der Waals surface area contributed by atoms with Gasteiger partial charge in [0.1, 0.15) is 6.61 Å². The summed E-state index contributed by atoms with van der Waals surface area (Å²) in [5, 5.41) is 11.3. The number of amides is 1. The molecule has 7 nitrogen and oxygen atoms in total. The molecule has 0 bridgehead atoms. The van der Waals surface area contributed by atoms with Crippen molar-refractivity contribution in [3.05, 3.63) is 0 Å². The van der Waals surface area contributed by atoms with E-state index >= 15 is 0 Å². The van der Waals surface area contributed by atoms with Gasteiger partial charge in [0, 0.05) is 13.1 Å². The maximum absolute atomic E-state index is 11.2. The first-order valence-corrected chi connectivity index (χ1v) is 5.56. The number of nitrogens with two attached hydrogens (primary N) is 1. The standard InChI is InChI=1S/C10H18N2O5/c11-3-4-16-6-9(13)12-5-7-1-2-8(17-7)10(14)15/h7-8H,1-6,11H2,(H,12,13)(H,14,15). The number of carboxylic acid groups (broad SMARTS) is 1. The highest BCUT2D eigenvalue weighted by Crippen LogP contribution is 2.18. The minimum absolute atomic E-state index is 0.0354. The van der Waals surface area contributed by atoms with Crippen LogP contribution >= 0.6 is 0 Å². The molecule has 0 aromatic rings. The van der Waals surface area contributed by atoms with E-state index < -0.39 is 12.1 Å². The van der Waals surface area contributed by atoms with Crippen LogP contribution in [0, 0.1) is 0 Å². The van der Waals surface area contributed by atoms with Gasteiger partial charge >= 0.3 is 5.97 Å². The van der Waals surface area contributed by atoms with Crippen molar-refractivity contribution in [2.45, 2.75) is 25.0 Å². The van der Waals surface area contributed by atoms with Gasteiger partial charge in [-0.1, -0.05) is 0 Å². The van der Waals surface area contributed by atoms with E-state index in [4.69, 9.17) is 20.3 Å². The topological polar surface area (TPSA) is 111 Å². The zero-order valence-electron chi connectivity index (χ0n) is 9.55. The maximum Gasteiger partial charge on any atom is 0.332 e. The van der Waals surface area contributed by atoms with Crippen molar-refractivity contribution in [2.24, 2.45) is 5.73 Å². The van der Waals surface area contributed by atoms with Gasteiger partial charge in [-0.3, -0.25) is 4.79 Å². The van der Waals surface area contributed by atoms with Gasteiger partial charge in [-0.2, -0.15) is 0 Å². The molecule has 1 aliphatic heterocycles. The van der Waals surface area contributed by atoms with Crippen LogP contribution in [-0.4, -0.2) is 55.5 Å². The van der Waals surface area contributed by atoms with Crippen LogP contribution in [0.3, 0.4) is 0 Å². The fraction of sp³-hybridized carbons (Fsp3) is 0.800. The molecule has 0 saturated carbocycles. The molecule has 0 aliphatic carbocycles. The summed E-state index contributed by atoms with van der Waals surface area (Å²) in [7, 11) is 0. The molecule has 2 atom stereocenters. The highest BCUT2D eigenvalue weighted by molar-refractivity contribution is 5.77. The Morgan fingerprint density at radius 2 is 2.24 bits per heavy atom. The van der Waals surface area contributed by atoms with Crippen LogP contribution in [0.4, 0.5) is 0 Å². The fourth-order valence-corrected chi connectivity index (χ4v) is 1.56. The number of ether oxygens (including phenoxy) is 2. The lowest BCUT2D eigenvalue weighted by Crippen LogP contribution is -2.35. The van der Waals surface area contributed by atoms with E-state index in [2.05, 4.69) is 5.32 Å². The van der Waals surface area contributed by atoms with Crippen molar-refractivity contribution in [1.29, 1.82) is 0 Å². The van der Waals surface area contributed by atoms with Crippen LogP contribution < -0.4 is 11.1 Å². The molecule has 7 heteroatoms. The number of nitrogens with one attached hydrogen (secondary N) is 1. The second-order valence-electron chi connectivity index (χ2n) is 3.81. The van der Waals surface area contributed by atoms with Gasteiger partial charge in [0.15, 0.2) is 6.10 Å². The van der Waals surface area contributed by atoms with E-state index in [-0.39, 0.29) is 18.6 Å². The minimum Gasteiger partial charge on any atom is -0.479 e. The SMILES string of the molecule is NCCOCC(=O)NCC1CCC(C(=O)O)O1. The molecule has 0 aromatic carbocycles. The number of hydrogen-bond acceptors (Lipinski definition) is 5. The van der Waals surface area contributed by atoms with E-state index in [0.29, 0.717) is 32.5 Å². The summed E-state index contributed by atoms with van der Waals surface area (Å²) >= 11 is 0. The Balaban J connectivity index is 2.11. The van der Waals surface area contributed by atoms with Crippen LogP contribution in [0.2, 0.25) is 0 Å². The minimum atomic E-state index is -0.954. The Morgan fingerprint density at radius 1 is 1.47 bits per heavy atom. The molecule has 98 valence electrons. The molecule has 1 amide bonds. The molecule has 1 saturated heterocycles. The maximum atomic E-state index is 11.2. The van der Waals surface area contributed by atoms with E-state index in [0.717, 1.165) is 0 Å². The van der Waals surface area contributed by atoms with Crippen LogP contribution in [0.5, 0.6) is 0 Å². The van der Waals surface area contributed by atoms with E-state index in [1.807, 2.05) is 0 Å². The summed E-state index contributed by atoms with van der Waals surface area (Å²) in [6.45, 7) is 0.995. The van der Waals surface area contributed by atoms with Crippen molar-refractivity contribution < 1.29 is 24.2 Å². The Hall–Kier alpha value is -1.18. The molecule has 0 aromatic heterocycles. The third kappa shape index (κ3) is 5.12. The molecular weight excluding hydrogens is 228 g/mol. The number of hydrogen-bond donors (Lipinski definition) is 3. The van der Waals surface area contributed by atoms with Gasteiger partial charge < -0.3 is 25.6 Å². The smallest absolute Gasteiger partial charge is 0.332 e. The number of aliphatic carboxylic acids is 1. The first kappa shape index (κ1) is 13.9. The summed E-state index contributed by atoms with van der Waals surface area (Å²) in [5.74, 6) is -1.20. The summed E-state index contributed by atoms with van der Waals surface area (Å²) in [6.07, 6.45) is 0.153. The first-order valence-electron chi connectivity index (χ1n) is 5.56. The summed E-state index contributed by atoms with van der Waals surface area (Å²) in [4.78, 5) is 21.9. The van der Waals surface area contributed by atoms with E-state index in [1.54, 1.807) is 0 Å². The molecule has 2 unspecified atom stereocenters. The lowest BCUT2D eigenvalue weighted by Gasteiger charge is -2.12. The van der Waals surface area contributed by atoms with E-state index in [9.17, 15) is 9.59 Å². The number of carboxylic acids is 1. The average Bonchev–Trinajstić information content (AvgIpc) is 2.75. The molecule has 0 radical (unpaired) electrons. The zero-order valence-corrected chi connectivity index (χ0v) is 9.55. The lowest BCUT2D eigenvalue weighted by atomic mass is 10.2. The Kier molecular flexibility index (Phi) is 5.88. The Bertz CT molecular complexity index is 271.